The molecule has 0 aliphatic carbocycles. The molecule has 0 fully saturated rings. The first-order valence-electron chi connectivity index (χ1n) is 6.26. The number of alkyl halides is 1. The van der Waals surface area contributed by atoms with Crippen LogP contribution in [-0.2, 0) is 11.2 Å². The van der Waals surface area contributed by atoms with Gasteiger partial charge in [-0.1, -0.05) is 18.2 Å². The first kappa shape index (κ1) is 14.5. The van der Waals surface area contributed by atoms with E-state index in [2.05, 4.69) is 15.4 Å². The molecule has 1 N–H and O–H groups in total. The predicted molar refractivity (Wildman–Crippen MR) is 75.9 cm³/mol. The monoisotopic (exact) mass is 293 g/mol. The smallest absolute Gasteiger partial charge is 0.193 e. The number of aromatic nitrogens is 3. The van der Waals surface area contributed by atoms with Gasteiger partial charge in [-0.15, -0.1) is 11.6 Å². The molecule has 1 atom stereocenters. The summed E-state index contributed by atoms with van der Waals surface area (Å²) in [6.07, 6.45) is 1.87. The SMILES string of the molecule is CC(C)(Oc1ccccc1)C(=O)C(Cl)Cc1cn[nH]n1. The average molecular weight is 294 g/mol. The van der Waals surface area contributed by atoms with E-state index in [1.54, 1.807) is 32.2 Å². The summed E-state index contributed by atoms with van der Waals surface area (Å²) >= 11 is 6.16. The van der Waals surface area contributed by atoms with Crippen molar-refractivity contribution in [2.45, 2.75) is 31.2 Å². The Balaban J connectivity index is 2.02. The number of nitrogens with one attached hydrogen (secondary N) is 1. The maximum absolute atomic E-state index is 12.4. The lowest BCUT2D eigenvalue weighted by molar-refractivity contribution is -0.131. The van der Waals surface area contributed by atoms with Gasteiger partial charge in [0.25, 0.3) is 0 Å². The third-order valence-electron chi connectivity index (χ3n) is 2.85. The number of carbonyl (C=O) groups is 1. The second-order valence-corrected chi connectivity index (χ2v) is 5.45. The molecule has 1 heterocycles. The normalized spacial score (nSPS) is 12.9. The number of ketones is 1. The van der Waals surface area contributed by atoms with E-state index in [-0.39, 0.29) is 5.78 Å². The van der Waals surface area contributed by atoms with E-state index in [1.807, 2.05) is 18.2 Å². The van der Waals surface area contributed by atoms with Crippen molar-refractivity contribution in [3.05, 3.63) is 42.2 Å². The molecule has 2 rings (SSSR count). The van der Waals surface area contributed by atoms with Crippen molar-refractivity contribution < 1.29 is 9.53 Å². The molecule has 2 aromatic rings. The summed E-state index contributed by atoms with van der Waals surface area (Å²) in [6, 6.07) is 9.19. The van der Waals surface area contributed by atoms with E-state index in [1.165, 1.54) is 0 Å². The molecular formula is C14H16ClN3O2. The Hall–Kier alpha value is -1.88. The fourth-order valence-corrected chi connectivity index (χ4v) is 2.23. The lowest BCUT2D eigenvalue weighted by Crippen LogP contribution is -2.43. The summed E-state index contributed by atoms with van der Waals surface area (Å²) < 4.78 is 5.73. The van der Waals surface area contributed by atoms with Gasteiger partial charge >= 0.3 is 0 Å². The largest absolute Gasteiger partial charge is 0.480 e. The lowest BCUT2D eigenvalue weighted by Gasteiger charge is -2.26. The first-order chi connectivity index (χ1) is 9.49. The van der Waals surface area contributed by atoms with E-state index in [0.29, 0.717) is 17.9 Å². The fourth-order valence-electron chi connectivity index (χ4n) is 1.81. The minimum Gasteiger partial charge on any atom is -0.480 e. The number of Topliss-reactive ketones (excluding diaryl/α,β-unsaturated/α-hetero) is 1. The highest BCUT2D eigenvalue weighted by Gasteiger charge is 2.35. The van der Waals surface area contributed by atoms with Gasteiger partial charge in [-0.3, -0.25) is 4.79 Å². The van der Waals surface area contributed by atoms with Crippen LogP contribution in [0.1, 0.15) is 19.5 Å². The topological polar surface area (TPSA) is 67.9 Å². The Morgan fingerprint density at radius 3 is 2.70 bits per heavy atom. The zero-order chi connectivity index (χ0) is 14.6. The van der Waals surface area contributed by atoms with Crippen molar-refractivity contribution in [1.29, 1.82) is 0 Å². The number of nitrogens with zero attached hydrogens (tertiary/aromatic N) is 2. The molecule has 0 radical (unpaired) electrons. The van der Waals surface area contributed by atoms with Crippen LogP contribution >= 0.6 is 11.6 Å². The number of hydrogen-bond acceptors (Lipinski definition) is 4. The summed E-state index contributed by atoms with van der Waals surface area (Å²) in [5.74, 6) is 0.446. The molecule has 1 unspecified atom stereocenters. The number of rotatable bonds is 6. The van der Waals surface area contributed by atoms with Crippen LogP contribution in [0, 0.1) is 0 Å². The number of para-hydroxylation sites is 1. The molecule has 5 nitrogen and oxygen atoms in total. The fraction of sp³-hybridized carbons (Fsp3) is 0.357. The molecule has 0 saturated carbocycles. The average Bonchev–Trinajstić information content (AvgIpc) is 2.91. The highest BCUT2D eigenvalue weighted by Crippen LogP contribution is 2.22. The highest BCUT2D eigenvalue weighted by molar-refractivity contribution is 6.32. The number of H-pyrrole nitrogens is 1. The molecule has 20 heavy (non-hydrogen) atoms. The van der Waals surface area contributed by atoms with E-state index >= 15 is 0 Å². The number of benzene rings is 1. The summed E-state index contributed by atoms with van der Waals surface area (Å²) in [5.41, 5.74) is -0.355. The zero-order valence-electron chi connectivity index (χ0n) is 11.3. The van der Waals surface area contributed by atoms with Gasteiger partial charge in [0.05, 0.1) is 11.9 Å². The number of carbonyl (C=O) groups excluding carboxylic acids is 1. The van der Waals surface area contributed by atoms with Gasteiger partial charge in [-0.05, 0) is 26.0 Å². The van der Waals surface area contributed by atoms with Crippen LogP contribution in [0.5, 0.6) is 5.75 Å². The molecule has 106 valence electrons. The number of halogens is 1. The zero-order valence-corrected chi connectivity index (χ0v) is 12.1. The molecule has 0 aliphatic rings. The number of ether oxygens (including phenoxy) is 1. The van der Waals surface area contributed by atoms with Crippen molar-refractivity contribution in [2.75, 3.05) is 0 Å². The molecular weight excluding hydrogens is 278 g/mol. The quantitative estimate of drug-likeness (QED) is 0.830. The molecule has 0 amide bonds. The van der Waals surface area contributed by atoms with Crippen LogP contribution < -0.4 is 4.74 Å². The van der Waals surface area contributed by atoms with Crippen LogP contribution in [-0.4, -0.2) is 32.2 Å². The van der Waals surface area contributed by atoms with Crippen LogP contribution in [0.25, 0.3) is 0 Å². The standard InChI is InChI=1S/C14H16ClN3O2/c1-14(2,20-11-6-4-3-5-7-11)13(19)12(15)8-10-9-16-18-17-10/h3-7,9,12H,8H2,1-2H3,(H,16,17,18). The van der Waals surface area contributed by atoms with Gasteiger partial charge < -0.3 is 4.74 Å². The van der Waals surface area contributed by atoms with Crippen LogP contribution in [0.3, 0.4) is 0 Å². The van der Waals surface area contributed by atoms with Gasteiger partial charge in [0.2, 0.25) is 0 Å². The Kier molecular flexibility index (Phi) is 4.39. The molecule has 6 heteroatoms. The van der Waals surface area contributed by atoms with E-state index < -0.39 is 11.0 Å². The highest BCUT2D eigenvalue weighted by atomic mass is 35.5. The Bertz CT molecular complexity index is 555. The third kappa shape index (κ3) is 3.57. The van der Waals surface area contributed by atoms with Gasteiger partial charge in [0, 0.05) is 6.42 Å². The van der Waals surface area contributed by atoms with Gasteiger partial charge in [-0.2, -0.15) is 15.4 Å². The van der Waals surface area contributed by atoms with Crippen molar-refractivity contribution in [3.63, 3.8) is 0 Å². The number of aromatic amines is 1. The van der Waals surface area contributed by atoms with Crippen molar-refractivity contribution in [1.82, 2.24) is 15.4 Å². The van der Waals surface area contributed by atoms with Crippen molar-refractivity contribution >= 4 is 17.4 Å². The van der Waals surface area contributed by atoms with E-state index in [4.69, 9.17) is 16.3 Å². The second-order valence-electron chi connectivity index (χ2n) is 4.92. The maximum atomic E-state index is 12.4. The first-order valence-corrected chi connectivity index (χ1v) is 6.70. The van der Waals surface area contributed by atoms with Gasteiger partial charge in [0.15, 0.2) is 11.4 Å². The third-order valence-corrected chi connectivity index (χ3v) is 3.20. The van der Waals surface area contributed by atoms with Crippen LogP contribution in [0.2, 0.25) is 0 Å². The van der Waals surface area contributed by atoms with E-state index in [9.17, 15) is 4.79 Å². The maximum Gasteiger partial charge on any atom is 0.193 e. The van der Waals surface area contributed by atoms with Crippen LogP contribution in [0.4, 0.5) is 0 Å². The lowest BCUT2D eigenvalue weighted by atomic mass is 9.98. The predicted octanol–water partition coefficient (Wildman–Crippen LogP) is 2.38. The summed E-state index contributed by atoms with van der Waals surface area (Å²) in [4.78, 5) is 12.4. The second kappa shape index (κ2) is 6.05. The van der Waals surface area contributed by atoms with Crippen molar-refractivity contribution in [3.8, 4) is 5.75 Å². The van der Waals surface area contributed by atoms with Gasteiger partial charge in [-0.25, -0.2) is 0 Å². The Morgan fingerprint density at radius 2 is 2.10 bits per heavy atom. The summed E-state index contributed by atoms with van der Waals surface area (Å²) in [5, 5.41) is 9.36. The Labute approximate surface area is 122 Å². The molecule has 0 saturated heterocycles. The molecule has 1 aromatic carbocycles. The molecule has 0 spiro atoms. The Morgan fingerprint density at radius 1 is 1.40 bits per heavy atom. The summed E-state index contributed by atoms with van der Waals surface area (Å²) in [6.45, 7) is 3.42. The molecule has 1 aromatic heterocycles. The van der Waals surface area contributed by atoms with Crippen molar-refractivity contribution in [2.24, 2.45) is 0 Å². The van der Waals surface area contributed by atoms with E-state index in [0.717, 1.165) is 0 Å². The summed E-state index contributed by atoms with van der Waals surface area (Å²) in [7, 11) is 0. The minimum atomic E-state index is -1.00. The minimum absolute atomic E-state index is 0.189. The molecule has 0 bridgehead atoms. The molecule has 0 aliphatic heterocycles. The number of hydrogen-bond donors (Lipinski definition) is 1. The van der Waals surface area contributed by atoms with Crippen LogP contribution in [0.15, 0.2) is 36.5 Å². The van der Waals surface area contributed by atoms with Gasteiger partial charge in [0.1, 0.15) is 11.1 Å².